The summed E-state index contributed by atoms with van der Waals surface area (Å²) >= 11 is 0. The molecule has 1 heteroatoms. The van der Waals surface area contributed by atoms with E-state index in [2.05, 4.69) is 13.8 Å². The minimum Gasteiger partial charge on any atom is -0.303 e. The van der Waals surface area contributed by atoms with Crippen LogP contribution in [0.5, 0.6) is 0 Å². The Balaban J connectivity index is 2.05. The lowest BCUT2D eigenvalue weighted by Crippen LogP contribution is -2.36. The molecule has 0 aromatic rings. The van der Waals surface area contributed by atoms with Crippen molar-refractivity contribution < 1.29 is 4.79 Å². The van der Waals surface area contributed by atoms with E-state index in [1.165, 1.54) is 44.8 Å². The van der Waals surface area contributed by atoms with Crippen LogP contribution in [0.1, 0.15) is 58.8 Å². The van der Waals surface area contributed by atoms with Gasteiger partial charge in [0.25, 0.3) is 0 Å². The number of carbonyl (C=O) groups is 1. The van der Waals surface area contributed by atoms with Crippen molar-refractivity contribution in [3.05, 3.63) is 0 Å². The summed E-state index contributed by atoms with van der Waals surface area (Å²) in [6.07, 6.45) is 10.5. The molecule has 2 rings (SSSR count). The van der Waals surface area contributed by atoms with Crippen molar-refractivity contribution in [3.63, 3.8) is 0 Å². The number of rotatable bonds is 2. The SMILES string of the molecule is CC1CCCC(C2CCCCC2C=O)C1C. The molecule has 0 radical (unpaired) electrons. The fourth-order valence-corrected chi connectivity index (χ4v) is 4.12. The summed E-state index contributed by atoms with van der Waals surface area (Å²) in [4.78, 5) is 11.2. The molecule has 2 aliphatic carbocycles. The average Bonchev–Trinajstić information content (AvgIpc) is 2.33. The Hall–Kier alpha value is -0.330. The quantitative estimate of drug-likeness (QED) is 0.644. The van der Waals surface area contributed by atoms with E-state index in [1.54, 1.807) is 0 Å². The highest BCUT2D eigenvalue weighted by Gasteiger charge is 2.37. The third-order valence-electron chi connectivity index (χ3n) is 5.37. The van der Waals surface area contributed by atoms with Crippen LogP contribution in [0.4, 0.5) is 0 Å². The maximum atomic E-state index is 11.2. The van der Waals surface area contributed by atoms with Crippen LogP contribution in [-0.2, 0) is 4.79 Å². The van der Waals surface area contributed by atoms with Crippen molar-refractivity contribution in [2.45, 2.75) is 58.8 Å². The Kier molecular flexibility index (Phi) is 4.05. The first-order valence-electron chi connectivity index (χ1n) is 7.19. The Labute approximate surface area is 100.0 Å². The van der Waals surface area contributed by atoms with E-state index >= 15 is 0 Å². The van der Waals surface area contributed by atoms with E-state index in [9.17, 15) is 4.79 Å². The van der Waals surface area contributed by atoms with Gasteiger partial charge in [-0.3, -0.25) is 0 Å². The molecule has 2 saturated carbocycles. The zero-order valence-corrected chi connectivity index (χ0v) is 10.8. The Morgan fingerprint density at radius 1 is 0.875 bits per heavy atom. The topological polar surface area (TPSA) is 17.1 Å². The molecule has 0 aromatic heterocycles. The third kappa shape index (κ3) is 2.33. The van der Waals surface area contributed by atoms with Crippen LogP contribution in [0.15, 0.2) is 0 Å². The first-order valence-corrected chi connectivity index (χ1v) is 7.19. The maximum Gasteiger partial charge on any atom is 0.123 e. The monoisotopic (exact) mass is 222 g/mol. The van der Waals surface area contributed by atoms with Gasteiger partial charge in [0.15, 0.2) is 0 Å². The molecule has 0 aromatic carbocycles. The molecule has 0 aliphatic heterocycles. The summed E-state index contributed by atoms with van der Waals surface area (Å²) in [6, 6.07) is 0. The minimum atomic E-state index is 0.381. The van der Waals surface area contributed by atoms with Gasteiger partial charge in [0.05, 0.1) is 0 Å². The van der Waals surface area contributed by atoms with Gasteiger partial charge in [-0.1, -0.05) is 39.5 Å². The average molecular weight is 222 g/mol. The molecule has 0 amide bonds. The van der Waals surface area contributed by atoms with E-state index in [0.717, 1.165) is 24.2 Å². The van der Waals surface area contributed by atoms with Crippen molar-refractivity contribution in [3.8, 4) is 0 Å². The summed E-state index contributed by atoms with van der Waals surface area (Å²) in [5.41, 5.74) is 0. The van der Waals surface area contributed by atoms with E-state index < -0.39 is 0 Å². The van der Waals surface area contributed by atoms with Crippen molar-refractivity contribution >= 4 is 6.29 Å². The van der Waals surface area contributed by atoms with Crippen LogP contribution in [0.2, 0.25) is 0 Å². The fourth-order valence-electron chi connectivity index (χ4n) is 4.12. The molecule has 0 heterocycles. The van der Waals surface area contributed by atoms with Crippen molar-refractivity contribution in [2.75, 3.05) is 0 Å². The molecule has 0 spiro atoms. The molecule has 2 aliphatic rings. The van der Waals surface area contributed by atoms with E-state index in [-0.39, 0.29) is 0 Å². The molecule has 92 valence electrons. The summed E-state index contributed by atoms with van der Waals surface area (Å²) in [5, 5.41) is 0. The normalized spacial score (nSPS) is 45.2. The molecule has 0 bridgehead atoms. The number of carbonyl (C=O) groups excluding carboxylic acids is 1. The van der Waals surface area contributed by atoms with Gasteiger partial charge in [-0.15, -0.1) is 0 Å². The van der Waals surface area contributed by atoms with Gasteiger partial charge in [0.1, 0.15) is 6.29 Å². The Morgan fingerprint density at radius 2 is 1.56 bits per heavy atom. The molecular formula is C15H26O. The van der Waals surface area contributed by atoms with Gasteiger partial charge in [-0.25, -0.2) is 0 Å². The van der Waals surface area contributed by atoms with Gasteiger partial charge >= 0.3 is 0 Å². The molecule has 2 fully saturated rings. The molecule has 0 saturated heterocycles. The minimum absolute atomic E-state index is 0.381. The lowest BCUT2D eigenvalue weighted by Gasteiger charge is -2.43. The summed E-state index contributed by atoms with van der Waals surface area (Å²) in [6.45, 7) is 4.82. The second-order valence-corrected chi connectivity index (χ2v) is 6.18. The second-order valence-electron chi connectivity index (χ2n) is 6.18. The molecule has 5 atom stereocenters. The first-order chi connectivity index (χ1) is 7.74. The van der Waals surface area contributed by atoms with E-state index in [0.29, 0.717) is 11.8 Å². The molecule has 16 heavy (non-hydrogen) atoms. The predicted molar refractivity (Wildman–Crippen MR) is 67.2 cm³/mol. The Bertz CT molecular complexity index is 236. The maximum absolute atomic E-state index is 11.2. The zero-order chi connectivity index (χ0) is 11.5. The highest BCUT2D eigenvalue weighted by Crippen LogP contribution is 2.45. The molecule has 1 nitrogen and oxygen atoms in total. The summed E-state index contributed by atoms with van der Waals surface area (Å²) in [7, 11) is 0. The van der Waals surface area contributed by atoms with Crippen molar-refractivity contribution in [2.24, 2.45) is 29.6 Å². The number of aldehydes is 1. The van der Waals surface area contributed by atoms with Crippen molar-refractivity contribution in [1.29, 1.82) is 0 Å². The summed E-state index contributed by atoms with van der Waals surface area (Å²) < 4.78 is 0. The molecular weight excluding hydrogens is 196 g/mol. The summed E-state index contributed by atoms with van der Waals surface area (Å²) in [5.74, 6) is 3.63. The molecule has 5 unspecified atom stereocenters. The number of hydrogen-bond donors (Lipinski definition) is 0. The highest BCUT2D eigenvalue weighted by atomic mass is 16.1. The van der Waals surface area contributed by atoms with Crippen LogP contribution in [0, 0.1) is 29.6 Å². The van der Waals surface area contributed by atoms with Gasteiger partial charge in [-0.05, 0) is 42.9 Å². The van der Waals surface area contributed by atoms with E-state index in [4.69, 9.17) is 0 Å². The second kappa shape index (κ2) is 5.33. The lowest BCUT2D eigenvalue weighted by molar-refractivity contribution is -0.115. The molecule has 0 N–H and O–H groups in total. The first kappa shape index (κ1) is 12.1. The third-order valence-corrected chi connectivity index (χ3v) is 5.37. The van der Waals surface area contributed by atoms with Crippen LogP contribution in [0.3, 0.4) is 0 Å². The predicted octanol–water partition coefficient (Wildman–Crippen LogP) is 4.06. The van der Waals surface area contributed by atoms with Gasteiger partial charge in [-0.2, -0.15) is 0 Å². The fraction of sp³-hybridized carbons (Fsp3) is 0.933. The lowest BCUT2D eigenvalue weighted by atomic mass is 9.62. The smallest absolute Gasteiger partial charge is 0.123 e. The zero-order valence-electron chi connectivity index (χ0n) is 10.8. The standard InChI is InChI=1S/C15H26O/c1-11-6-5-9-14(12(11)2)15-8-4-3-7-13(15)10-16/h10-15H,3-9H2,1-2H3. The van der Waals surface area contributed by atoms with Gasteiger partial charge in [0, 0.05) is 5.92 Å². The van der Waals surface area contributed by atoms with Crippen LogP contribution >= 0.6 is 0 Å². The van der Waals surface area contributed by atoms with Crippen LogP contribution in [0.25, 0.3) is 0 Å². The van der Waals surface area contributed by atoms with Crippen LogP contribution in [-0.4, -0.2) is 6.29 Å². The van der Waals surface area contributed by atoms with Gasteiger partial charge in [0.2, 0.25) is 0 Å². The highest BCUT2D eigenvalue weighted by molar-refractivity contribution is 5.54. The van der Waals surface area contributed by atoms with Crippen molar-refractivity contribution in [1.82, 2.24) is 0 Å². The Morgan fingerprint density at radius 3 is 2.31 bits per heavy atom. The number of hydrogen-bond acceptors (Lipinski definition) is 1. The van der Waals surface area contributed by atoms with Crippen LogP contribution < -0.4 is 0 Å². The van der Waals surface area contributed by atoms with E-state index in [1.807, 2.05) is 0 Å². The van der Waals surface area contributed by atoms with Gasteiger partial charge < -0.3 is 4.79 Å². The largest absolute Gasteiger partial charge is 0.303 e.